The number of carbonyl (C=O) groups excluding carboxylic acids is 2. The molecule has 0 aliphatic carbocycles. The van der Waals surface area contributed by atoms with E-state index in [-0.39, 0.29) is 30.3 Å². The minimum atomic E-state index is -0.608. The fraction of sp³-hybridized carbons (Fsp3) is 0.368. The molecule has 0 spiro atoms. The predicted molar refractivity (Wildman–Crippen MR) is 109 cm³/mol. The number of thioether (sulfide) groups is 1. The van der Waals surface area contributed by atoms with Gasteiger partial charge >= 0.3 is 0 Å². The van der Waals surface area contributed by atoms with E-state index in [1.807, 2.05) is 6.92 Å². The fourth-order valence-electron chi connectivity index (χ4n) is 3.07. The molecule has 0 fully saturated rings. The number of carbonyl (C=O) groups is 2. The van der Waals surface area contributed by atoms with Crippen LogP contribution in [0.5, 0.6) is 11.5 Å². The van der Waals surface area contributed by atoms with Gasteiger partial charge in [-0.15, -0.1) is 0 Å². The van der Waals surface area contributed by atoms with Gasteiger partial charge in [0.1, 0.15) is 5.82 Å². The lowest BCUT2D eigenvalue weighted by molar-refractivity contribution is -0.120. The molecule has 10 heteroatoms. The van der Waals surface area contributed by atoms with E-state index in [1.165, 1.54) is 18.9 Å². The molecule has 0 unspecified atom stereocenters. The highest BCUT2D eigenvalue weighted by atomic mass is 32.2. The van der Waals surface area contributed by atoms with E-state index >= 15 is 0 Å². The molecule has 1 aromatic heterocycles. The Morgan fingerprint density at radius 3 is 2.83 bits per heavy atom. The van der Waals surface area contributed by atoms with Crippen molar-refractivity contribution >= 4 is 29.4 Å². The summed E-state index contributed by atoms with van der Waals surface area (Å²) in [4.78, 5) is 43.2. The number of fused-ring (bicyclic) bond motifs is 1. The van der Waals surface area contributed by atoms with Gasteiger partial charge in [0.25, 0.3) is 11.5 Å². The number of nitrogens with zero attached hydrogens (tertiary/aromatic N) is 1. The third-order valence-electron chi connectivity index (χ3n) is 4.33. The first-order chi connectivity index (χ1) is 13.9. The maximum absolute atomic E-state index is 12.8. The molecule has 0 bridgehead atoms. The largest absolute Gasteiger partial charge is 0.493 e. The molecule has 1 atom stereocenters. The lowest BCUT2D eigenvalue weighted by Crippen LogP contribution is -2.31. The number of H-pyrrole nitrogens is 1. The Bertz CT molecular complexity index is 991. The Balaban J connectivity index is 1.99. The van der Waals surface area contributed by atoms with Crippen LogP contribution >= 0.6 is 11.8 Å². The first-order valence-corrected chi connectivity index (χ1v) is 10.1. The van der Waals surface area contributed by atoms with Crippen LogP contribution in [0.1, 0.15) is 36.8 Å². The normalized spacial score (nSPS) is 15.4. The van der Waals surface area contributed by atoms with E-state index in [0.717, 1.165) is 12.2 Å². The molecule has 4 N–H and O–H groups in total. The van der Waals surface area contributed by atoms with Crippen molar-refractivity contribution in [3.05, 3.63) is 39.7 Å². The second-order valence-corrected chi connectivity index (χ2v) is 7.54. The standard InChI is InChI=1S/C19H22N4O5S/c1-3-6-29-19-22-17-16(18(26)23-19)11(8-15(25)21-17)10-4-5-12(13(7-10)27-2)28-9-14(20)24/h4-5,7,11H,3,6,8-9H2,1-2H3,(H2,20,24)(H2,21,22,23,25,26)/t11-/m0/s1. The Labute approximate surface area is 171 Å². The maximum Gasteiger partial charge on any atom is 0.257 e. The number of nitrogens with two attached hydrogens (primary N) is 1. The number of methoxy groups -OCH3 is 1. The second-order valence-electron chi connectivity index (χ2n) is 6.45. The third-order valence-corrected chi connectivity index (χ3v) is 5.41. The van der Waals surface area contributed by atoms with E-state index in [4.69, 9.17) is 15.2 Å². The van der Waals surface area contributed by atoms with Crippen molar-refractivity contribution in [2.24, 2.45) is 5.73 Å². The third kappa shape index (κ3) is 4.70. The average molecular weight is 418 g/mol. The molecule has 154 valence electrons. The summed E-state index contributed by atoms with van der Waals surface area (Å²) in [5.41, 5.74) is 5.93. The number of hydrogen-bond acceptors (Lipinski definition) is 7. The molecular formula is C19H22N4O5S. The van der Waals surface area contributed by atoms with Crippen molar-refractivity contribution in [1.29, 1.82) is 0 Å². The number of aromatic nitrogens is 2. The minimum absolute atomic E-state index is 0.101. The van der Waals surface area contributed by atoms with E-state index in [9.17, 15) is 14.4 Å². The van der Waals surface area contributed by atoms with Crippen LogP contribution in [0, 0.1) is 0 Å². The topological polar surface area (TPSA) is 136 Å². The highest BCUT2D eigenvalue weighted by Gasteiger charge is 2.31. The van der Waals surface area contributed by atoms with Crippen LogP contribution in [0.25, 0.3) is 0 Å². The second kappa shape index (κ2) is 8.99. The van der Waals surface area contributed by atoms with Crippen molar-refractivity contribution in [1.82, 2.24) is 9.97 Å². The molecule has 29 heavy (non-hydrogen) atoms. The van der Waals surface area contributed by atoms with E-state index in [1.54, 1.807) is 18.2 Å². The quantitative estimate of drug-likeness (QED) is 0.438. The van der Waals surface area contributed by atoms with Gasteiger partial charge < -0.3 is 25.5 Å². The molecule has 9 nitrogen and oxygen atoms in total. The molecule has 2 heterocycles. The number of hydrogen-bond donors (Lipinski definition) is 3. The predicted octanol–water partition coefficient (Wildman–Crippen LogP) is 1.62. The van der Waals surface area contributed by atoms with Gasteiger partial charge in [-0.3, -0.25) is 14.4 Å². The highest BCUT2D eigenvalue weighted by molar-refractivity contribution is 7.99. The number of primary amides is 1. The molecule has 0 saturated carbocycles. The molecule has 0 saturated heterocycles. The highest BCUT2D eigenvalue weighted by Crippen LogP contribution is 2.38. The molecule has 1 aliphatic heterocycles. The lowest BCUT2D eigenvalue weighted by atomic mass is 9.86. The van der Waals surface area contributed by atoms with Gasteiger partial charge in [0, 0.05) is 18.1 Å². The minimum Gasteiger partial charge on any atom is -0.493 e. The number of aromatic amines is 1. The van der Waals surface area contributed by atoms with E-state index in [0.29, 0.717) is 27.8 Å². The Kier molecular flexibility index (Phi) is 6.42. The SMILES string of the molecule is CCCSc1nc2c(c(=O)[nH]1)[C@H](c1ccc(OCC(N)=O)c(OC)c1)CC(=O)N2. The van der Waals surface area contributed by atoms with Gasteiger partial charge in [-0.25, -0.2) is 4.98 Å². The summed E-state index contributed by atoms with van der Waals surface area (Å²) in [7, 11) is 1.46. The van der Waals surface area contributed by atoms with Crippen molar-refractivity contribution in [2.45, 2.75) is 30.8 Å². The van der Waals surface area contributed by atoms with Crippen LogP contribution in [-0.4, -0.2) is 41.3 Å². The van der Waals surface area contributed by atoms with Crippen LogP contribution in [0.2, 0.25) is 0 Å². The van der Waals surface area contributed by atoms with Gasteiger partial charge in [0.15, 0.2) is 23.3 Å². The molecule has 1 aliphatic rings. The zero-order valence-corrected chi connectivity index (χ0v) is 16.9. The summed E-state index contributed by atoms with van der Waals surface area (Å²) in [6.07, 6.45) is 1.04. The van der Waals surface area contributed by atoms with Crippen LogP contribution in [0.3, 0.4) is 0 Å². The summed E-state index contributed by atoms with van der Waals surface area (Å²) in [6.45, 7) is 1.75. The first kappa shape index (κ1) is 20.7. The Hall–Kier alpha value is -3.01. The van der Waals surface area contributed by atoms with Crippen molar-refractivity contribution < 1.29 is 19.1 Å². The number of ether oxygens (including phenoxy) is 2. The molecular weight excluding hydrogens is 396 g/mol. The average Bonchev–Trinajstić information content (AvgIpc) is 2.69. The van der Waals surface area contributed by atoms with Crippen molar-refractivity contribution in [3.8, 4) is 11.5 Å². The molecule has 0 radical (unpaired) electrons. The smallest absolute Gasteiger partial charge is 0.257 e. The zero-order valence-electron chi connectivity index (χ0n) is 16.1. The number of benzene rings is 1. The fourth-order valence-corrected chi connectivity index (χ4v) is 3.79. The number of nitrogens with one attached hydrogen (secondary N) is 2. The van der Waals surface area contributed by atoms with Crippen molar-refractivity contribution in [2.75, 3.05) is 24.8 Å². The van der Waals surface area contributed by atoms with Gasteiger partial charge in [-0.1, -0.05) is 24.8 Å². The van der Waals surface area contributed by atoms with Gasteiger partial charge in [0.2, 0.25) is 5.91 Å². The van der Waals surface area contributed by atoms with E-state index in [2.05, 4.69) is 15.3 Å². The summed E-state index contributed by atoms with van der Waals surface area (Å²) in [5, 5.41) is 3.18. The summed E-state index contributed by atoms with van der Waals surface area (Å²) >= 11 is 1.43. The molecule has 2 aromatic rings. The van der Waals surface area contributed by atoms with Gasteiger partial charge in [0.05, 0.1) is 12.7 Å². The summed E-state index contributed by atoms with van der Waals surface area (Å²) < 4.78 is 10.7. The molecule has 1 aromatic carbocycles. The lowest BCUT2D eigenvalue weighted by Gasteiger charge is -2.25. The van der Waals surface area contributed by atoms with Crippen LogP contribution < -0.4 is 26.1 Å². The monoisotopic (exact) mass is 418 g/mol. The molecule has 2 amide bonds. The Morgan fingerprint density at radius 2 is 2.14 bits per heavy atom. The summed E-state index contributed by atoms with van der Waals surface area (Å²) in [6, 6.07) is 5.03. The number of anilines is 1. The van der Waals surface area contributed by atoms with E-state index < -0.39 is 11.8 Å². The maximum atomic E-state index is 12.8. The van der Waals surface area contributed by atoms with Gasteiger partial charge in [-0.05, 0) is 24.1 Å². The zero-order chi connectivity index (χ0) is 21.0. The summed E-state index contributed by atoms with van der Waals surface area (Å²) in [5.74, 6) is 0.484. The molecule has 3 rings (SSSR count). The van der Waals surface area contributed by atoms with Gasteiger partial charge in [-0.2, -0.15) is 0 Å². The van der Waals surface area contributed by atoms with Crippen LogP contribution in [0.4, 0.5) is 5.82 Å². The number of amides is 2. The van der Waals surface area contributed by atoms with Crippen LogP contribution in [0.15, 0.2) is 28.2 Å². The first-order valence-electron chi connectivity index (χ1n) is 9.08. The Morgan fingerprint density at radius 1 is 1.34 bits per heavy atom. The van der Waals surface area contributed by atoms with Crippen LogP contribution in [-0.2, 0) is 9.59 Å². The van der Waals surface area contributed by atoms with Crippen molar-refractivity contribution in [3.63, 3.8) is 0 Å². The number of rotatable bonds is 8.